The zero-order valence-electron chi connectivity index (χ0n) is 14.4. The van der Waals surface area contributed by atoms with Crippen molar-refractivity contribution in [2.24, 2.45) is 10.9 Å². The quantitative estimate of drug-likeness (QED) is 0.685. The van der Waals surface area contributed by atoms with Gasteiger partial charge in [-0.25, -0.2) is 13.1 Å². The molecule has 2 aromatic carbocycles. The van der Waals surface area contributed by atoms with E-state index in [1.807, 2.05) is 29.0 Å². The van der Waals surface area contributed by atoms with E-state index in [0.29, 0.717) is 17.9 Å². The molecule has 146 valence electrons. The van der Waals surface area contributed by atoms with Crippen molar-refractivity contribution in [2.75, 3.05) is 0 Å². The van der Waals surface area contributed by atoms with Crippen LogP contribution in [-0.2, 0) is 21.2 Å². The number of hydrogen-bond acceptors (Lipinski definition) is 4. The van der Waals surface area contributed by atoms with Crippen molar-refractivity contribution in [1.29, 1.82) is 0 Å². The first-order valence-electron chi connectivity index (χ1n) is 8.28. The zero-order chi connectivity index (χ0) is 20.3. The largest absolute Gasteiger partial charge is 0.283 e. The van der Waals surface area contributed by atoms with Gasteiger partial charge in [0.05, 0.1) is 10.0 Å². The van der Waals surface area contributed by atoms with E-state index in [4.69, 9.17) is 34.8 Å². The monoisotopic (exact) mass is 456 g/mol. The van der Waals surface area contributed by atoms with E-state index < -0.39 is 15.9 Å². The molecule has 0 saturated heterocycles. The van der Waals surface area contributed by atoms with Gasteiger partial charge in [0.1, 0.15) is 10.6 Å². The summed E-state index contributed by atoms with van der Waals surface area (Å²) in [6, 6.07) is 11.8. The first-order valence-corrected chi connectivity index (χ1v) is 10.9. The molecule has 9 heteroatoms. The van der Waals surface area contributed by atoms with Crippen LogP contribution in [0.5, 0.6) is 0 Å². The average molecular weight is 458 g/mol. The molecule has 1 heterocycles. The van der Waals surface area contributed by atoms with Gasteiger partial charge in [-0.3, -0.25) is 9.79 Å². The lowest BCUT2D eigenvalue weighted by Crippen LogP contribution is -2.31. The molecule has 2 aromatic rings. The third-order valence-corrected chi connectivity index (χ3v) is 6.78. The lowest BCUT2D eigenvalue weighted by Gasteiger charge is -2.09. The van der Waals surface area contributed by atoms with Gasteiger partial charge in [-0.2, -0.15) is 0 Å². The van der Waals surface area contributed by atoms with E-state index in [9.17, 15) is 13.2 Å². The van der Waals surface area contributed by atoms with Crippen LogP contribution in [0.4, 0.5) is 0 Å². The second-order valence-electron chi connectivity index (χ2n) is 6.11. The molecular formula is C19H15Cl3N2O3S. The maximum Gasteiger partial charge on any atom is 0.283 e. The SMILES string of the molecule is O=C(NS(=O)(=O)c1c(Cl)cccc1Cl)C1=CC(CCc2ccccc2Cl)C=N1. The number of nitrogens with one attached hydrogen (secondary N) is 1. The van der Waals surface area contributed by atoms with Gasteiger partial charge in [-0.05, 0) is 42.7 Å². The summed E-state index contributed by atoms with van der Waals surface area (Å²) in [5, 5.41) is 0.533. The Hall–Kier alpha value is -1.86. The van der Waals surface area contributed by atoms with Crippen molar-refractivity contribution in [2.45, 2.75) is 17.7 Å². The normalized spacial score (nSPS) is 16.1. The van der Waals surface area contributed by atoms with Gasteiger partial charge in [0.2, 0.25) is 0 Å². The molecule has 0 fully saturated rings. The summed E-state index contributed by atoms with van der Waals surface area (Å²) in [6.07, 6.45) is 4.62. The fraction of sp³-hybridized carbons (Fsp3) is 0.158. The minimum absolute atomic E-state index is 0.0240. The molecule has 0 radical (unpaired) electrons. The molecule has 0 spiro atoms. The van der Waals surface area contributed by atoms with Gasteiger partial charge in [-0.1, -0.05) is 59.1 Å². The summed E-state index contributed by atoms with van der Waals surface area (Å²) in [5.41, 5.74) is 1.02. The van der Waals surface area contributed by atoms with Crippen molar-refractivity contribution < 1.29 is 13.2 Å². The fourth-order valence-corrected chi connectivity index (χ4v) is 5.08. The number of nitrogens with zero attached hydrogens (tertiary/aromatic N) is 1. The van der Waals surface area contributed by atoms with Crippen LogP contribution in [0.1, 0.15) is 12.0 Å². The van der Waals surface area contributed by atoms with E-state index in [0.717, 1.165) is 5.56 Å². The van der Waals surface area contributed by atoms with Gasteiger partial charge >= 0.3 is 0 Å². The molecular weight excluding hydrogens is 443 g/mol. The van der Waals surface area contributed by atoms with Crippen LogP contribution in [-0.4, -0.2) is 20.5 Å². The van der Waals surface area contributed by atoms with Gasteiger partial charge in [0, 0.05) is 17.2 Å². The Balaban J connectivity index is 1.68. The summed E-state index contributed by atoms with van der Waals surface area (Å²) in [4.78, 5) is 16.0. The minimum Gasteiger partial charge on any atom is -0.266 e. The Morgan fingerprint density at radius 1 is 1.00 bits per heavy atom. The van der Waals surface area contributed by atoms with E-state index in [2.05, 4.69) is 4.99 Å². The minimum atomic E-state index is -4.23. The molecule has 3 rings (SSSR count). The number of carbonyl (C=O) groups is 1. The molecule has 0 aromatic heterocycles. The average Bonchev–Trinajstić information content (AvgIpc) is 3.09. The van der Waals surface area contributed by atoms with Gasteiger partial charge < -0.3 is 0 Å². The number of aliphatic imine (C=N–C) groups is 1. The maximum atomic E-state index is 12.5. The molecule has 0 aliphatic carbocycles. The topological polar surface area (TPSA) is 75.6 Å². The summed E-state index contributed by atoms with van der Waals surface area (Å²) in [6.45, 7) is 0. The van der Waals surface area contributed by atoms with Crippen molar-refractivity contribution >= 4 is 56.9 Å². The van der Waals surface area contributed by atoms with Crippen LogP contribution in [0.2, 0.25) is 15.1 Å². The number of amides is 1. The van der Waals surface area contributed by atoms with E-state index in [1.54, 1.807) is 12.3 Å². The molecule has 1 aliphatic heterocycles. The molecule has 0 saturated carbocycles. The molecule has 1 amide bonds. The Bertz CT molecular complexity index is 1060. The number of rotatable bonds is 6. The Kier molecular flexibility index (Phi) is 6.45. The van der Waals surface area contributed by atoms with Crippen LogP contribution in [0.3, 0.4) is 0 Å². The highest BCUT2D eigenvalue weighted by Crippen LogP contribution is 2.29. The Morgan fingerprint density at radius 2 is 1.64 bits per heavy atom. The van der Waals surface area contributed by atoms with Gasteiger partial charge in [0.15, 0.2) is 0 Å². The smallest absolute Gasteiger partial charge is 0.266 e. The second-order valence-corrected chi connectivity index (χ2v) is 8.95. The fourth-order valence-electron chi connectivity index (χ4n) is 2.74. The second kappa shape index (κ2) is 8.66. The number of allylic oxidation sites excluding steroid dienone is 1. The Morgan fingerprint density at radius 3 is 2.32 bits per heavy atom. The van der Waals surface area contributed by atoms with E-state index in [1.165, 1.54) is 18.2 Å². The number of hydrogen-bond donors (Lipinski definition) is 1. The Labute approximate surface area is 178 Å². The highest BCUT2D eigenvalue weighted by Gasteiger charge is 2.26. The summed E-state index contributed by atoms with van der Waals surface area (Å²) in [5.74, 6) is -0.934. The van der Waals surface area contributed by atoms with Crippen molar-refractivity contribution in [3.63, 3.8) is 0 Å². The van der Waals surface area contributed by atoms with Crippen molar-refractivity contribution in [3.05, 3.63) is 74.9 Å². The highest BCUT2D eigenvalue weighted by atomic mass is 35.5. The number of carbonyl (C=O) groups excluding carboxylic acids is 1. The lowest BCUT2D eigenvalue weighted by molar-refractivity contribution is -0.115. The number of benzene rings is 2. The van der Waals surface area contributed by atoms with Crippen molar-refractivity contribution in [3.8, 4) is 0 Å². The standard InChI is InChI=1S/C19H15Cl3N2O3S/c20-14-5-2-1-4-13(14)9-8-12-10-17(23-11-12)19(25)24-28(26,27)18-15(21)6-3-7-16(18)22/h1-7,10-12H,8-9H2,(H,24,25). The molecule has 28 heavy (non-hydrogen) atoms. The van der Waals surface area contributed by atoms with E-state index in [-0.39, 0.29) is 26.6 Å². The third kappa shape index (κ3) is 4.75. The van der Waals surface area contributed by atoms with Crippen LogP contribution < -0.4 is 4.72 Å². The number of aryl methyl sites for hydroxylation is 1. The molecule has 1 aliphatic rings. The molecule has 1 N–H and O–H groups in total. The summed E-state index contributed by atoms with van der Waals surface area (Å²) < 4.78 is 26.9. The van der Waals surface area contributed by atoms with Crippen LogP contribution in [0.15, 0.2) is 64.1 Å². The van der Waals surface area contributed by atoms with Crippen LogP contribution in [0, 0.1) is 5.92 Å². The maximum absolute atomic E-state index is 12.5. The van der Waals surface area contributed by atoms with Crippen LogP contribution >= 0.6 is 34.8 Å². The van der Waals surface area contributed by atoms with Gasteiger partial charge in [0.25, 0.3) is 15.9 Å². The van der Waals surface area contributed by atoms with Crippen molar-refractivity contribution in [1.82, 2.24) is 4.72 Å². The molecule has 1 atom stereocenters. The molecule has 5 nitrogen and oxygen atoms in total. The molecule has 1 unspecified atom stereocenters. The first kappa shape index (κ1) is 20.9. The third-order valence-electron chi connectivity index (χ3n) is 4.13. The first-order chi connectivity index (χ1) is 13.3. The number of sulfonamides is 1. The summed E-state index contributed by atoms with van der Waals surface area (Å²) >= 11 is 18.0. The lowest BCUT2D eigenvalue weighted by atomic mass is 10.0. The van der Waals surface area contributed by atoms with Crippen LogP contribution in [0.25, 0.3) is 0 Å². The number of halogens is 3. The zero-order valence-corrected chi connectivity index (χ0v) is 17.5. The predicted octanol–water partition coefficient (Wildman–Crippen LogP) is 4.67. The summed E-state index contributed by atoms with van der Waals surface area (Å²) in [7, 11) is -4.23. The van der Waals surface area contributed by atoms with E-state index >= 15 is 0 Å². The predicted molar refractivity (Wildman–Crippen MR) is 112 cm³/mol. The molecule has 0 bridgehead atoms. The highest BCUT2D eigenvalue weighted by molar-refractivity contribution is 7.90. The van der Waals surface area contributed by atoms with Gasteiger partial charge in [-0.15, -0.1) is 0 Å².